The van der Waals surface area contributed by atoms with Crippen molar-refractivity contribution in [3.8, 4) is 0 Å². The first-order valence-electron chi connectivity index (χ1n) is 4.93. The molecule has 1 saturated heterocycles. The maximum Gasteiger partial charge on any atom is 0.325 e. The lowest BCUT2D eigenvalue weighted by Crippen LogP contribution is -2.45. The van der Waals surface area contributed by atoms with Crippen LogP contribution in [0.5, 0.6) is 0 Å². The van der Waals surface area contributed by atoms with Crippen molar-refractivity contribution in [3.05, 3.63) is 0 Å². The molecule has 1 rings (SSSR count). The van der Waals surface area contributed by atoms with E-state index in [1.54, 1.807) is 0 Å². The van der Waals surface area contributed by atoms with Crippen molar-refractivity contribution < 1.29 is 19.8 Å². The fourth-order valence-electron chi connectivity index (χ4n) is 1.50. The van der Waals surface area contributed by atoms with Crippen molar-refractivity contribution in [2.75, 3.05) is 19.7 Å². The summed E-state index contributed by atoms with van der Waals surface area (Å²) in [6.45, 7) is 2.55. The van der Waals surface area contributed by atoms with Gasteiger partial charge < -0.3 is 20.4 Å². The molecule has 0 aromatic rings. The van der Waals surface area contributed by atoms with Gasteiger partial charge in [-0.05, 0) is 13.3 Å². The first-order chi connectivity index (χ1) is 7.04. The van der Waals surface area contributed by atoms with Gasteiger partial charge in [0.25, 0.3) is 0 Å². The normalized spacial score (nSPS) is 22.5. The van der Waals surface area contributed by atoms with E-state index in [4.69, 9.17) is 10.2 Å². The number of aliphatic hydroxyl groups excluding tert-OH is 1. The summed E-state index contributed by atoms with van der Waals surface area (Å²) in [7, 11) is 0. The maximum absolute atomic E-state index is 11.5. The molecule has 6 nitrogen and oxygen atoms in total. The van der Waals surface area contributed by atoms with Crippen LogP contribution in [0.15, 0.2) is 0 Å². The van der Waals surface area contributed by atoms with Crippen LogP contribution in [0.3, 0.4) is 0 Å². The maximum atomic E-state index is 11.5. The highest BCUT2D eigenvalue weighted by molar-refractivity contribution is 5.82. The van der Waals surface area contributed by atoms with Gasteiger partial charge in [-0.1, -0.05) is 0 Å². The lowest BCUT2D eigenvalue weighted by Gasteiger charge is -2.18. The second-order valence-corrected chi connectivity index (χ2v) is 3.79. The topological polar surface area (TPSA) is 89.9 Å². The number of carbonyl (C=O) groups excluding carboxylic acids is 1. The zero-order chi connectivity index (χ0) is 11.4. The summed E-state index contributed by atoms with van der Waals surface area (Å²) in [5, 5.41) is 19.9. The molecule has 15 heavy (non-hydrogen) atoms. The minimum Gasteiger partial charge on any atom is -0.480 e. The van der Waals surface area contributed by atoms with E-state index in [0.717, 1.165) is 6.42 Å². The van der Waals surface area contributed by atoms with E-state index in [9.17, 15) is 9.59 Å². The Morgan fingerprint density at radius 3 is 2.73 bits per heavy atom. The number of amides is 2. The molecule has 2 atom stereocenters. The number of nitrogens with zero attached hydrogens (tertiary/aromatic N) is 1. The molecule has 1 fully saturated rings. The van der Waals surface area contributed by atoms with Crippen molar-refractivity contribution in [1.82, 2.24) is 10.2 Å². The average Bonchev–Trinajstić information content (AvgIpc) is 2.65. The molecule has 0 bridgehead atoms. The average molecular weight is 216 g/mol. The van der Waals surface area contributed by atoms with Crippen molar-refractivity contribution in [3.63, 3.8) is 0 Å². The van der Waals surface area contributed by atoms with E-state index >= 15 is 0 Å². The number of likely N-dealkylation sites (tertiary alicyclic amines) is 1. The van der Waals surface area contributed by atoms with E-state index in [0.29, 0.717) is 13.1 Å². The Balaban J connectivity index is 2.38. The quantitative estimate of drug-likeness (QED) is 0.592. The van der Waals surface area contributed by atoms with Crippen molar-refractivity contribution in [2.45, 2.75) is 19.4 Å². The van der Waals surface area contributed by atoms with Gasteiger partial charge in [0.05, 0.1) is 0 Å². The molecule has 0 spiro atoms. The largest absolute Gasteiger partial charge is 0.480 e. The second-order valence-electron chi connectivity index (χ2n) is 3.79. The number of aliphatic hydroxyl groups is 1. The number of nitrogens with one attached hydrogen (secondary N) is 1. The molecule has 0 aromatic heterocycles. The van der Waals surface area contributed by atoms with Gasteiger partial charge in [-0.3, -0.25) is 4.79 Å². The first kappa shape index (κ1) is 11.8. The third-order valence-corrected chi connectivity index (χ3v) is 2.54. The number of hydrogen-bond acceptors (Lipinski definition) is 3. The summed E-state index contributed by atoms with van der Waals surface area (Å²) >= 11 is 0. The van der Waals surface area contributed by atoms with Crippen LogP contribution in [-0.2, 0) is 4.79 Å². The molecule has 3 N–H and O–H groups in total. The summed E-state index contributed by atoms with van der Waals surface area (Å²) in [4.78, 5) is 23.5. The fourth-order valence-corrected chi connectivity index (χ4v) is 1.50. The van der Waals surface area contributed by atoms with Gasteiger partial charge in [-0.2, -0.15) is 0 Å². The molecular formula is C9H16N2O4. The van der Waals surface area contributed by atoms with Crippen LogP contribution in [0.2, 0.25) is 0 Å². The number of urea groups is 1. The Bertz CT molecular complexity index is 256. The van der Waals surface area contributed by atoms with Crippen molar-refractivity contribution >= 4 is 12.0 Å². The smallest absolute Gasteiger partial charge is 0.325 e. The van der Waals surface area contributed by atoms with Crippen LogP contribution >= 0.6 is 0 Å². The summed E-state index contributed by atoms with van der Waals surface area (Å²) in [5.41, 5.74) is 0. The highest BCUT2D eigenvalue weighted by Gasteiger charge is 2.27. The molecule has 0 saturated carbocycles. The van der Waals surface area contributed by atoms with Crippen LogP contribution in [0.4, 0.5) is 4.79 Å². The highest BCUT2D eigenvalue weighted by Crippen LogP contribution is 2.15. The lowest BCUT2D eigenvalue weighted by atomic mass is 10.1. The predicted octanol–water partition coefficient (Wildman–Crippen LogP) is -0.517. The Hall–Kier alpha value is -1.30. The van der Waals surface area contributed by atoms with Crippen LogP contribution in [0.1, 0.15) is 13.3 Å². The monoisotopic (exact) mass is 216 g/mol. The third kappa shape index (κ3) is 3.09. The van der Waals surface area contributed by atoms with Gasteiger partial charge in [0.2, 0.25) is 0 Å². The van der Waals surface area contributed by atoms with Gasteiger partial charge >= 0.3 is 12.0 Å². The second kappa shape index (κ2) is 4.97. The lowest BCUT2D eigenvalue weighted by molar-refractivity contribution is -0.138. The van der Waals surface area contributed by atoms with Crippen molar-refractivity contribution in [2.24, 2.45) is 5.92 Å². The third-order valence-electron chi connectivity index (χ3n) is 2.54. The molecule has 0 aromatic carbocycles. The molecule has 1 heterocycles. The van der Waals surface area contributed by atoms with Crippen LogP contribution < -0.4 is 5.32 Å². The number of carbonyl (C=O) groups is 2. The summed E-state index contributed by atoms with van der Waals surface area (Å²) in [5.74, 6) is -0.933. The Kier molecular flexibility index (Phi) is 3.90. The molecule has 1 aliphatic heterocycles. The number of carboxylic acids is 1. The number of hydrogen-bond donors (Lipinski definition) is 3. The minimum absolute atomic E-state index is 0.0677. The van der Waals surface area contributed by atoms with Crippen LogP contribution in [0, 0.1) is 5.92 Å². The number of aliphatic carboxylic acids is 1. The molecule has 6 heteroatoms. The molecular weight excluding hydrogens is 200 g/mol. The van der Waals surface area contributed by atoms with E-state index in [-0.39, 0.29) is 18.6 Å². The first-order valence-corrected chi connectivity index (χ1v) is 4.93. The SMILES string of the molecule is C[C@@H](NC(=O)N1CCC(CO)C1)C(=O)O. The molecule has 0 radical (unpaired) electrons. The highest BCUT2D eigenvalue weighted by atomic mass is 16.4. The zero-order valence-corrected chi connectivity index (χ0v) is 8.64. The fraction of sp³-hybridized carbons (Fsp3) is 0.778. The number of carboxylic acid groups (broad SMARTS) is 1. The Morgan fingerprint density at radius 2 is 2.27 bits per heavy atom. The van der Waals surface area contributed by atoms with Gasteiger partial charge in [0.15, 0.2) is 0 Å². The van der Waals surface area contributed by atoms with E-state index in [1.165, 1.54) is 11.8 Å². The molecule has 1 unspecified atom stereocenters. The molecule has 2 amide bonds. The molecule has 86 valence electrons. The molecule has 1 aliphatic rings. The summed E-state index contributed by atoms with van der Waals surface area (Å²) in [6.07, 6.45) is 0.769. The van der Waals surface area contributed by atoms with Crippen LogP contribution in [-0.4, -0.2) is 52.9 Å². The van der Waals surface area contributed by atoms with Gasteiger partial charge in [0, 0.05) is 25.6 Å². The van der Waals surface area contributed by atoms with E-state index < -0.39 is 12.0 Å². The van der Waals surface area contributed by atoms with Gasteiger partial charge in [-0.15, -0.1) is 0 Å². The Labute approximate surface area is 87.9 Å². The van der Waals surface area contributed by atoms with E-state index in [2.05, 4.69) is 5.32 Å². The standard InChI is InChI=1S/C9H16N2O4/c1-6(8(13)14)10-9(15)11-3-2-7(4-11)5-12/h6-7,12H,2-5H2,1H3,(H,10,15)(H,13,14)/t6-,7?/m1/s1. The van der Waals surface area contributed by atoms with Crippen molar-refractivity contribution in [1.29, 1.82) is 0 Å². The summed E-state index contributed by atoms with van der Waals surface area (Å²) in [6, 6.07) is -1.26. The number of rotatable bonds is 3. The van der Waals surface area contributed by atoms with Crippen LogP contribution in [0.25, 0.3) is 0 Å². The molecule has 0 aliphatic carbocycles. The summed E-state index contributed by atoms with van der Waals surface area (Å²) < 4.78 is 0. The predicted molar refractivity (Wildman–Crippen MR) is 52.4 cm³/mol. The zero-order valence-electron chi connectivity index (χ0n) is 8.64. The van der Waals surface area contributed by atoms with E-state index in [1.807, 2.05) is 0 Å². The Morgan fingerprint density at radius 1 is 1.60 bits per heavy atom. The minimum atomic E-state index is -1.05. The van der Waals surface area contributed by atoms with Gasteiger partial charge in [0.1, 0.15) is 6.04 Å². The van der Waals surface area contributed by atoms with Gasteiger partial charge in [-0.25, -0.2) is 4.79 Å².